The number of nitrogens with two attached hydrogens (primary N) is 1. The minimum atomic E-state index is -1.41. The van der Waals surface area contributed by atoms with E-state index >= 15 is 0 Å². The van der Waals surface area contributed by atoms with Gasteiger partial charge in [0, 0.05) is 12.1 Å². The van der Waals surface area contributed by atoms with Crippen molar-refractivity contribution in [2.75, 3.05) is 6.54 Å². The van der Waals surface area contributed by atoms with Crippen LogP contribution in [0.3, 0.4) is 0 Å². The van der Waals surface area contributed by atoms with Crippen LogP contribution in [0.25, 0.3) is 11.1 Å². The van der Waals surface area contributed by atoms with Crippen molar-refractivity contribution in [3.8, 4) is 0 Å². The Labute approximate surface area is 162 Å². The van der Waals surface area contributed by atoms with Crippen LogP contribution in [0, 0.1) is 0 Å². The molecule has 0 spiro atoms. The minimum absolute atomic E-state index is 0. The third-order valence-electron chi connectivity index (χ3n) is 3.46. The fourth-order valence-corrected chi connectivity index (χ4v) is 2.07. The minimum Gasteiger partial charge on any atom is -0.670 e. The van der Waals surface area contributed by atoms with E-state index in [1.807, 2.05) is 0 Å². The first-order valence-corrected chi connectivity index (χ1v) is 8.00. The summed E-state index contributed by atoms with van der Waals surface area (Å²) in [5.41, 5.74) is 13.2. The van der Waals surface area contributed by atoms with Gasteiger partial charge in [0.2, 0.25) is 5.91 Å². The van der Waals surface area contributed by atoms with E-state index in [4.69, 9.17) is 11.5 Å². The maximum atomic E-state index is 12.4. The third kappa shape index (κ3) is 8.43. The number of nitrogens with one attached hydrogen (secondary N) is 3. The van der Waals surface area contributed by atoms with Crippen molar-refractivity contribution in [1.82, 2.24) is 15.3 Å². The quantitative estimate of drug-likeness (QED) is 0.309. The summed E-state index contributed by atoms with van der Waals surface area (Å²) in [7, 11) is 0. The number of carboxylic acid groups (broad SMARTS) is 1. The van der Waals surface area contributed by atoms with Gasteiger partial charge in [0.05, 0.1) is 24.0 Å². The van der Waals surface area contributed by atoms with Gasteiger partial charge in [-0.15, -0.1) is 0 Å². The summed E-state index contributed by atoms with van der Waals surface area (Å²) in [5, 5.41) is 17.3. The van der Waals surface area contributed by atoms with E-state index in [-0.39, 0.29) is 29.9 Å². The topological polar surface area (TPSA) is 179 Å². The number of rotatable bonds is 11. The molecule has 5 N–H and O–H groups in total. The van der Waals surface area contributed by atoms with Gasteiger partial charge in [-0.1, -0.05) is 13.0 Å². The predicted octanol–water partition coefficient (Wildman–Crippen LogP) is -0.977. The van der Waals surface area contributed by atoms with Crippen LogP contribution in [-0.4, -0.2) is 52.4 Å². The molecule has 0 aliphatic rings. The molecule has 0 aliphatic heterocycles. The second-order valence-electron chi connectivity index (χ2n) is 5.63. The van der Waals surface area contributed by atoms with Crippen LogP contribution in [0.5, 0.6) is 0 Å². The molecule has 10 nitrogen and oxygen atoms in total. The van der Waals surface area contributed by atoms with Crippen LogP contribution in [0.2, 0.25) is 0 Å². The molecular formula is C15H23CuN6O4-. The Morgan fingerprint density at radius 3 is 2.62 bits per heavy atom. The number of H-pyrrole nitrogens is 1. The van der Waals surface area contributed by atoms with Crippen molar-refractivity contribution in [3.05, 3.63) is 29.3 Å². The molecule has 0 bridgehead atoms. The molecule has 1 aromatic heterocycles. The molecule has 0 aromatic carbocycles. The van der Waals surface area contributed by atoms with Crippen molar-refractivity contribution in [2.45, 2.75) is 50.7 Å². The molecule has 0 saturated heterocycles. The number of aromatic nitrogens is 2. The number of carbonyl (C=O) groups excluding carboxylic acids is 3. The Hall–Kier alpha value is -1.94. The first kappa shape index (κ1) is 24.1. The van der Waals surface area contributed by atoms with Gasteiger partial charge in [-0.25, -0.2) is 4.98 Å². The summed E-state index contributed by atoms with van der Waals surface area (Å²) in [5.74, 6) is -2.90. The van der Waals surface area contributed by atoms with Crippen molar-refractivity contribution in [1.29, 1.82) is 0 Å². The third-order valence-corrected chi connectivity index (χ3v) is 3.46. The monoisotopic (exact) mass is 414 g/mol. The smallest absolute Gasteiger partial charge is 0.670 e. The number of hydrogen-bond acceptors (Lipinski definition) is 6. The molecule has 0 saturated carbocycles. The van der Waals surface area contributed by atoms with Gasteiger partial charge < -0.3 is 41.8 Å². The summed E-state index contributed by atoms with van der Waals surface area (Å²) in [6, 6.07) is -3.48. The zero-order valence-electron chi connectivity index (χ0n) is 14.3. The van der Waals surface area contributed by atoms with Gasteiger partial charge >= 0.3 is 17.1 Å². The molecule has 149 valence electrons. The average molecular weight is 415 g/mol. The second-order valence-corrected chi connectivity index (χ2v) is 5.63. The molecule has 1 rings (SSSR count). The largest absolute Gasteiger partial charge is 2.00 e. The maximum Gasteiger partial charge on any atom is 2.00 e. The van der Waals surface area contributed by atoms with Gasteiger partial charge in [0.25, 0.3) is 0 Å². The average Bonchev–Trinajstić information content (AvgIpc) is 3.06. The van der Waals surface area contributed by atoms with Gasteiger partial charge in [-0.2, -0.15) is 0 Å². The van der Waals surface area contributed by atoms with Crippen molar-refractivity contribution in [3.63, 3.8) is 0 Å². The molecule has 0 fully saturated rings. The van der Waals surface area contributed by atoms with E-state index in [0.717, 1.165) is 0 Å². The summed E-state index contributed by atoms with van der Waals surface area (Å²) >= 11 is 0. The summed E-state index contributed by atoms with van der Waals surface area (Å²) in [6.45, 7) is 1.76. The van der Waals surface area contributed by atoms with E-state index in [1.165, 1.54) is 13.3 Å². The molecule has 2 amide bonds. The molecule has 26 heavy (non-hydrogen) atoms. The number of carboxylic acids is 1. The summed E-state index contributed by atoms with van der Waals surface area (Å²) < 4.78 is 0. The van der Waals surface area contributed by atoms with Crippen molar-refractivity contribution >= 4 is 17.8 Å². The number of hydrogen-bond donors (Lipinski definition) is 3. The number of carbonyl (C=O) groups is 3. The van der Waals surface area contributed by atoms with Crippen molar-refractivity contribution in [2.24, 2.45) is 5.73 Å². The fraction of sp³-hybridized carbons (Fsp3) is 0.600. The van der Waals surface area contributed by atoms with Crippen LogP contribution in [0.4, 0.5) is 0 Å². The van der Waals surface area contributed by atoms with E-state index in [0.29, 0.717) is 25.1 Å². The molecule has 1 heterocycles. The Balaban J connectivity index is 0.00000625. The van der Waals surface area contributed by atoms with E-state index in [1.54, 1.807) is 6.20 Å². The first-order valence-electron chi connectivity index (χ1n) is 8.00. The zero-order valence-corrected chi connectivity index (χ0v) is 15.3. The molecule has 3 atom stereocenters. The fourth-order valence-electron chi connectivity index (χ4n) is 2.07. The number of aromatic amines is 1. The van der Waals surface area contributed by atoms with Gasteiger partial charge in [0.15, 0.2) is 0 Å². The maximum absolute atomic E-state index is 12.4. The number of aliphatic carboxylic acids is 1. The Kier molecular flexibility index (Phi) is 11.5. The van der Waals surface area contributed by atoms with Crippen LogP contribution in [0.1, 0.15) is 31.9 Å². The zero-order chi connectivity index (χ0) is 18.8. The molecule has 1 radical (unpaired) electrons. The van der Waals surface area contributed by atoms with Gasteiger partial charge in [-0.05, 0) is 38.3 Å². The van der Waals surface area contributed by atoms with Crippen molar-refractivity contribution < 1.29 is 36.6 Å². The van der Waals surface area contributed by atoms with Crippen LogP contribution >= 0.6 is 0 Å². The second kappa shape index (κ2) is 12.4. The van der Waals surface area contributed by atoms with E-state index in [2.05, 4.69) is 20.6 Å². The van der Waals surface area contributed by atoms with Gasteiger partial charge in [-0.3, -0.25) is 4.79 Å². The number of nitrogens with zero attached hydrogens (tertiary/aromatic N) is 2. The first-order chi connectivity index (χ1) is 11.8. The number of unbranched alkanes of at least 4 members (excludes halogenated alkanes) is 1. The van der Waals surface area contributed by atoms with Crippen LogP contribution < -0.4 is 16.2 Å². The number of imidazole rings is 1. The summed E-state index contributed by atoms with van der Waals surface area (Å²) in [6.07, 6.45) is 4.27. The SMILES string of the molecule is C[C@H]([NH-])C(=O)[N-][C@@H](Cc1c[nH]cn1)C(=O)N[C@@H](CCCCN)C(=O)[O-].[Cu+2]. The van der Waals surface area contributed by atoms with Crippen LogP contribution in [-0.2, 0) is 37.9 Å². The Bertz CT molecular complexity index is 566. The van der Waals surface area contributed by atoms with Crippen LogP contribution in [0.15, 0.2) is 12.5 Å². The summed E-state index contributed by atoms with van der Waals surface area (Å²) in [4.78, 5) is 42.0. The molecule has 0 unspecified atom stereocenters. The van der Waals surface area contributed by atoms with E-state index in [9.17, 15) is 19.5 Å². The predicted molar refractivity (Wildman–Crippen MR) is 88.1 cm³/mol. The Morgan fingerprint density at radius 2 is 2.12 bits per heavy atom. The molecule has 1 aromatic rings. The standard InChI is InChI=1S/C15H25N6O4.Cu/c1-9(17)13(22)21-12(6-10-7-18-8-19-10)14(23)20-11(15(24)25)4-2-3-5-16;/h7-9,11-12,17H,2-6,16H2,1H3,(H4,18,19,20,21,22,23,24,25);/q-1;+2/p-2/t9-,11-,12-;/m0./s1. The Morgan fingerprint density at radius 1 is 1.42 bits per heavy atom. The van der Waals surface area contributed by atoms with E-state index < -0.39 is 35.9 Å². The van der Waals surface area contributed by atoms with Gasteiger partial charge in [0.1, 0.15) is 0 Å². The number of amides is 2. The normalized spacial score (nSPS) is 13.8. The molecule has 0 aliphatic carbocycles. The molecular weight excluding hydrogens is 392 g/mol. The molecule has 11 heteroatoms.